The molecule has 0 radical (unpaired) electrons. The van der Waals surface area contributed by atoms with E-state index < -0.39 is 6.10 Å². The Morgan fingerprint density at radius 2 is 1.62 bits per heavy atom. The fourth-order valence-corrected chi connectivity index (χ4v) is 2.51. The van der Waals surface area contributed by atoms with Crippen molar-refractivity contribution in [2.24, 2.45) is 0 Å². The van der Waals surface area contributed by atoms with Gasteiger partial charge in [0.1, 0.15) is 11.9 Å². The molecule has 1 atom stereocenters. The molecule has 0 fully saturated rings. The summed E-state index contributed by atoms with van der Waals surface area (Å²) in [5, 5.41) is 12.9. The highest BCUT2D eigenvalue weighted by Gasteiger charge is 2.11. The van der Waals surface area contributed by atoms with Crippen LogP contribution in [0.5, 0.6) is 5.75 Å². The van der Waals surface area contributed by atoms with Crippen molar-refractivity contribution in [2.75, 3.05) is 6.61 Å². The van der Waals surface area contributed by atoms with E-state index in [0.717, 1.165) is 22.3 Å². The molecule has 1 N–H and O–H groups in total. The lowest BCUT2D eigenvalue weighted by Crippen LogP contribution is -2.00. The molecule has 0 spiro atoms. The van der Waals surface area contributed by atoms with E-state index in [4.69, 9.17) is 4.74 Å². The number of benzene rings is 3. The summed E-state index contributed by atoms with van der Waals surface area (Å²) in [4.78, 5) is 0. The van der Waals surface area contributed by atoms with Crippen LogP contribution in [0.2, 0.25) is 0 Å². The highest BCUT2D eigenvalue weighted by atomic mass is 16.5. The quantitative estimate of drug-likeness (QED) is 0.770. The van der Waals surface area contributed by atoms with Crippen molar-refractivity contribution in [1.29, 1.82) is 0 Å². The Morgan fingerprint density at radius 1 is 0.857 bits per heavy atom. The van der Waals surface area contributed by atoms with Gasteiger partial charge in [-0.15, -0.1) is 0 Å². The molecule has 0 aliphatic rings. The number of aliphatic hydroxyl groups is 1. The Bertz CT molecular complexity index is 749. The van der Waals surface area contributed by atoms with E-state index >= 15 is 0 Å². The molecule has 0 saturated carbocycles. The second-order valence-corrected chi connectivity index (χ2v) is 5.01. The van der Waals surface area contributed by atoms with Crippen LogP contribution in [0.3, 0.4) is 0 Å². The number of ether oxygens (including phenoxy) is 1. The van der Waals surface area contributed by atoms with Gasteiger partial charge in [-0.05, 0) is 47.0 Å². The molecule has 0 aliphatic carbocycles. The Morgan fingerprint density at radius 3 is 2.43 bits per heavy atom. The minimum Gasteiger partial charge on any atom is -0.494 e. The molecule has 2 heteroatoms. The van der Waals surface area contributed by atoms with Crippen LogP contribution in [0.15, 0.2) is 66.7 Å². The lowest BCUT2D eigenvalue weighted by atomic mass is 9.98. The van der Waals surface area contributed by atoms with Gasteiger partial charge in [-0.25, -0.2) is 0 Å². The Kier molecular flexibility index (Phi) is 3.89. The van der Waals surface area contributed by atoms with Crippen LogP contribution in [-0.4, -0.2) is 11.7 Å². The van der Waals surface area contributed by atoms with Crippen LogP contribution in [-0.2, 0) is 0 Å². The molecule has 2 nitrogen and oxygen atoms in total. The molecule has 0 aliphatic heterocycles. The second-order valence-electron chi connectivity index (χ2n) is 5.01. The molecule has 3 aromatic rings. The number of fused-ring (bicyclic) bond motifs is 1. The fraction of sp³-hybridized carbons (Fsp3) is 0.158. The Labute approximate surface area is 124 Å². The molecule has 0 amide bonds. The third kappa shape index (κ3) is 2.91. The summed E-state index contributed by atoms with van der Waals surface area (Å²) in [6.07, 6.45) is -0.644. The highest BCUT2D eigenvalue weighted by molar-refractivity contribution is 5.83. The third-order valence-electron chi connectivity index (χ3n) is 3.57. The summed E-state index contributed by atoms with van der Waals surface area (Å²) in [6.45, 7) is 2.57. The van der Waals surface area contributed by atoms with Crippen LogP contribution in [0.1, 0.15) is 24.2 Å². The second kappa shape index (κ2) is 5.98. The van der Waals surface area contributed by atoms with E-state index in [2.05, 4.69) is 12.1 Å². The standard InChI is InChI=1S/C19H18O2/c1-2-21-18-9-5-8-16(13-18)19(20)17-11-10-14-6-3-4-7-15(14)12-17/h3-13,19-20H,2H2,1H3. The molecule has 0 heterocycles. The number of hydrogen-bond acceptors (Lipinski definition) is 2. The first-order chi connectivity index (χ1) is 10.3. The van der Waals surface area contributed by atoms with Crippen molar-refractivity contribution in [3.8, 4) is 5.75 Å². The third-order valence-corrected chi connectivity index (χ3v) is 3.57. The molecule has 106 valence electrons. The van der Waals surface area contributed by atoms with Crippen molar-refractivity contribution < 1.29 is 9.84 Å². The lowest BCUT2D eigenvalue weighted by Gasteiger charge is -2.14. The summed E-state index contributed by atoms with van der Waals surface area (Å²) in [5.41, 5.74) is 1.73. The summed E-state index contributed by atoms with van der Waals surface area (Å²) in [7, 11) is 0. The number of rotatable bonds is 4. The molecule has 3 aromatic carbocycles. The van der Waals surface area contributed by atoms with E-state index in [1.54, 1.807) is 0 Å². The summed E-state index contributed by atoms with van der Waals surface area (Å²) in [6, 6.07) is 21.8. The largest absolute Gasteiger partial charge is 0.494 e. The van der Waals surface area contributed by atoms with Crippen LogP contribution >= 0.6 is 0 Å². The molecule has 1 unspecified atom stereocenters. The van der Waals surface area contributed by atoms with Crippen molar-refractivity contribution in [1.82, 2.24) is 0 Å². The van der Waals surface area contributed by atoms with Gasteiger partial charge >= 0.3 is 0 Å². The maximum atomic E-state index is 10.6. The van der Waals surface area contributed by atoms with Crippen LogP contribution in [0, 0.1) is 0 Å². The molecule has 0 bridgehead atoms. The van der Waals surface area contributed by atoms with Gasteiger partial charge in [-0.3, -0.25) is 0 Å². The van der Waals surface area contributed by atoms with E-state index in [-0.39, 0.29) is 0 Å². The minimum absolute atomic E-state index is 0.621. The summed E-state index contributed by atoms with van der Waals surface area (Å²) in [5.74, 6) is 0.787. The first-order valence-corrected chi connectivity index (χ1v) is 7.17. The maximum Gasteiger partial charge on any atom is 0.119 e. The first kappa shape index (κ1) is 13.7. The Hall–Kier alpha value is -2.32. The van der Waals surface area contributed by atoms with Crippen molar-refractivity contribution in [3.05, 3.63) is 77.9 Å². The lowest BCUT2D eigenvalue weighted by molar-refractivity contribution is 0.219. The topological polar surface area (TPSA) is 29.5 Å². The molecule has 0 aromatic heterocycles. The Balaban J connectivity index is 1.95. The van der Waals surface area contributed by atoms with E-state index in [0.29, 0.717) is 6.61 Å². The normalized spacial score (nSPS) is 12.3. The zero-order chi connectivity index (χ0) is 14.7. The summed E-state index contributed by atoms with van der Waals surface area (Å²) >= 11 is 0. The first-order valence-electron chi connectivity index (χ1n) is 7.17. The van der Waals surface area contributed by atoms with E-state index in [1.165, 1.54) is 5.39 Å². The molecule has 0 saturated heterocycles. The SMILES string of the molecule is CCOc1cccc(C(O)c2ccc3ccccc3c2)c1. The van der Waals surface area contributed by atoms with Crippen LogP contribution in [0.25, 0.3) is 10.8 Å². The number of aliphatic hydroxyl groups excluding tert-OH is 1. The molecular weight excluding hydrogens is 260 g/mol. The van der Waals surface area contributed by atoms with E-state index in [1.807, 2.05) is 61.5 Å². The van der Waals surface area contributed by atoms with Gasteiger partial charge in [0.2, 0.25) is 0 Å². The average molecular weight is 278 g/mol. The minimum atomic E-state index is -0.644. The smallest absolute Gasteiger partial charge is 0.119 e. The van der Waals surface area contributed by atoms with Gasteiger partial charge in [0.05, 0.1) is 6.61 Å². The monoisotopic (exact) mass is 278 g/mol. The van der Waals surface area contributed by atoms with Crippen molar-refractivity contribution in [2.45, 2.75) is 13.0 Å². The predicted molar refractivity (Wildman–Crippen MR) is 85.6 cm³/mol. The van der Waals surface area contributed by atoms with Gasteiger partial charge in [-0.1, -0.05) is 48.5 Å². The predicted octanol–water partition coefficient (Wildman–Crippen LogP) is 4.32. The van der Waals surface area contributed by atoms with E-state index in [9.17, 15) is 5.11 Å². The van der Waals surface area contributed by atoms with Gasteiger partial charge < -0.3 is 9.84 Å². The summed E-state index contributed by atoms with van der Waals surface area (Å²) < 4.78 is 5.49. The fourth-order valence-electron chi connectivity index (χ4n) is 2.51. The molecule has 3 rings (SSSR count). The molecular formula is C19H18O2. The van der Waals surface area contributed by atoms with Crippen LogP contribution < -0.4 is 4.74 Å². The van der Waals surface area contributed by atoms with Crippen molar-refractivity contribution in [3.63, 3.8) is 0 Å². The van der Waals surface area contributed by atoms with Crippen molar-refractivity contribution >= 4 is 10.8 Å². The zero-order valence-electron chi connectivity index (χ0n) is 12.0. The number of hydrogen-bond donors (Lipinski definition) is 1. The highest BCUT2D eigenvalue weighted by Crippen LogP contribution is 2.27. The van der Waals surface area contributed by atoms with Crippen LogP contribution in [0.4, 0.5) is 0 Å². The van der Waals surface area contributed by atoms with Gasteiger partial charge in [0.25, 0.3) is 0 Å². The van der Waals surface area contributed by atoms with Gasteiger partial charge in [0.15, 0.2) is 0 Å². The van der Waals surface area contributed by atoms with Gasteiger partial charge in [-0.2, -0.15) is 0 Å². The zero-order valence-corrected chi connectivity index (χ0v) is 12.0. The van der Waals surface area contributed by atoms with Gasteiger partial charge in [0, 0.05) is 0 Å². The maximum absolute atomic E-state index is 10.6. The molecule has 21 heavy (non-hydrogen) atoms. The average Bonchev–Trinajstić information content (AvgIpc) is 2.54.